The van der Waals surface area contributed by atoms with Gasteiger partial charge in [-0.3, -0.25) is 4.79 Å². The van der Waals surface area contributed by atoms with Gasteiger partial charge >= 0.3 is 5.97 Å². The first kappa shape index (κ1) is 12.5. The van der Waals surface area contributed by atoms with E-state index in [1.807, 2.05) is 0 Å². The van der Waals surface area contributed by atoms with Gasteiger partial charge in [-0.15, -0.1) is 0 Å². The number of hydrogen-bond acceptors (Lipinski definition) is 2. The highest BCUT2D eigenvalue weighted by Gasteiger charge is 2.64. The van der Waals surface area contributed by atoms with Gasteiger partial charge in [-0.1, -0.05) is 33.1 Å². The van der Waals surface area contributed by atoms with Crippen LogP contribution >= 0.6 is 0 Å². The lowest BCUT2D eigenvalue weighted by Gasteiger charge is -2.46. The van der Waals surface area contributed by atoms with Gasteiger partial charge < -0.3 is 9.84 Å². The number of hydrogen-bond donors (Lipinski definition) is 1. The maximum Gasteiger partial charge on any atom is 0.310 e. The Bertz CT molecular complexity index is 348. The second-order valence-electron chi connectivity index (χ2n) is 6.72. The molecule has 1 N–H and O–H groups in total. The van der Waals surface area contributed by atoms with Crippen molar-refractivity contribution in [3.63, 3.8) is 0 Å². The molecule has 1 aliphatic heterocycles. The van der Waals surface area contributed by atoms with Crippen molar-refractivity contribution in [1.82, 2.24) is 0 Å². The number of epoxide rings is 1. The summed E-state index contributed by atoms with van der Waals surface area (Å²) < 4.78 is 5.74. The lowest BCUT2D eigenvalue weighted by Crippen LogP contribution is -2.51. The third-order valence-electron chi connectivity index (χ3n) is 5.82. The molecule has 2 saturated carbocycles. The summed E-state index contributed by atoms with van der Waals surface area (Å²) >= 11 is 0. The number of carboxylic acid groups (broad SMARTS) is 1. The molecule has 0 bridgehead atoms. The van der Waals surface area contributed by atoms with E-state index in [1.54, 1.807) is 0 Å². The molecule has 3 heteroatoms. The van der Waals surface area contributed by atoms with Crippen molar-refractivity contribution in [2.75, 3.05) is 0 Å². The minimum atomic E-state index is -0.567. The van der Waals surface area contributed by atoms with Crippen molar-refractivity contribution in [2.45, 2.75) is 64.6 Å². The molecular weight excluding hydrogens is 228 g/mol. The molecule has 0 amide bonds. The molecule has 0 aromatic carbocycles. The van der Waals surface area contributed by atoms with Crippen molar-refractivity contribution in [1.29, 1.82) is 0 Å². The zero-order chi connectivity index (χ0) is 12.9. The molecule has 5 atom stereocenters. The topological polar surface area (TPSA) is 49.8 Å². The predicted octanol–water partition coefficient (Wildman–Crippen LogP) is 3.08. The number of rotatable bonds is 2. The van der Waals surface area contributed by atoms with Crippen LogP contribution in [0.3, 0.4) is 0 Å². The minimum Gasteiger partial charge on any atom is -0.481 e. The molecule has 5 unspecified atom stereocenters. The van der Waals surface area contributed by atoms with Crippen molar-refractivity contribution < 1.29 is 14.6 Å². The lowest BCUT2D eigenvalue weighted by atomic mass is 9.55. The van der Waals surface area contributed by atoms with Gasteiger partial charge in [0.1, 0.15) is 0 Å². The fourth-order valence-corrected chi connectivity index (χ4v) is 4.74. The summed E-state index contributed by atoms with van der Waals surface area (Å²) in [6, 6.07) is 0. The van der Waals surface area contributed by atoms with Gasteiger partial charge in [0.05, 0.1) is 17.6 Å². The summed E-state index contributed by atoms with van der Waals surface area (Å²) in [6.07, 6.45) is 7.25. The van der Waals surface area contributed by atoms with Gasteiger partial charge in [-0.05, 0) is 31.1 Å². The fraction of sp³-hybridized carbons (Fsp3) is 0.933. The van der Waals surface area contributed by atoms with E-state index in [-0.39, 0.29) is 12.0 Å². The summed E-state index contributed by atoms with van der Waals surface area (Å²) in [5.74, 6) is 0.387. The van der Waals surface area contributed by atoms with Crippen LogP contribution < -0.4 is 0 Å². The average molecular weight is 252 g/mol. The number of carbonyl (C=O) groups is 1. The van der Waals surface area contributed by atoms with E-state index in [9.17, 15) is 9.90 Å². The Morgan fingerprint density at radius 3 is 2.44 bits per heavy atom. The number of carboxylic acids is 1. The molecule has 18 heavy (non-hydrogen) atoms. The molecule has 1 heterocycles. The summed E-state index contributed by atoms with van der Waals surface area (Å²) in [5, 5.41) is 9.91. The SMILES string of the molecule is CC1CC(C(=O)O)(C2CCCCC2)C(C)C2OC12. The Morgan fingerprint density at radius 1 is 1.17 bits per heavy atom. The maximum atomic E-state index is 12.0. The highest BCUT2D eigenvalue weighted by molar-refractivity contribution is 5.76. The van der Waals surface area contributed by atoms with Crippen molar-refractivity contribution in [3.05, 3.63) is 0 Å². The third kappa shape index (κ3) is 1.63. The normalized spacial score (nSPS) is 48.6. The molecule has 0 radical (unpaired) electrons. The van der Waals surface area contributed by atoms with Crippen LogP contribution in [-0.4, -0.2) is 23.3 Å². The monoisotopic (exact) mass is 252 g/mol. The Kier molecular flexibility index (Phi) is 2.92. The van der Waals surface area contributed by atoms with Gasteiger partial charge in [0.2, 0.25) is 0 Å². The van der Waals surface area contributed by atoms with E-state index in [2.05, 4.69) is 13.8 Å². The molecular formula is C15H24O3. The number of ether oxygens (including phenoxy) is 1. The van der Waals surface area contributed by atoms with Gasteiger partial charge in [0.15, 0.2) is 0 Å². The Balaban J connectivity index is 1.91. The molecule has 3 rings (SSSR count). The van der Waals surface area contributed by atoms with Crippen LogP contribution in [0, 0.1) is 23.2 Å². The first-order chi connectivity index (χ1) is 8.57. The Morgan fingerprint density at radius 2 is 1.83 bits per heavy atom. The van der Waals surface area contributed by atoms with Crippen LogP contribution in [0.1, 0.15) is 52.4 Å². The van der Waals surface area contributed by atoms with Crippen molar-refractivity contribution in [2.24, 2.45) is 23.2 Å². The summed E-state index contributed by atoms with van der Waals surface area (Å²) in [5.41, 5.74) is -0.516. The van der Waals surface area contributed by atoms with Crippen molar-refractivity contribution >= 4 is 5.97 Å². The van der Waals surface area contributed by atoms with Crippen LogP contribution in [0.25, 0.3) is 0 Å². The lowest BCUT2D eigenvalue weighted by molar-refractivity contribution is -0.162. The van der Waals surface area contributed by atoms with Gasteiger partial charge in [0, 0.05) is 5.92 Å². The molecule has 0 spiro atoms. The largest absolute Gasteiger partial charge is 0.481 e. The maximum absolute atomic E-state index is 12.0. The first-order valence-electron chi connectivity index (χ1n) is 7.46. The van der Waals surface area contributed by atoms with E-state index < -0.39 is 11.4 Å². The van der Waals surface area contributed by atoms with E-state index in [0.29, 0.717) is 17.9 Å². The van der Waals surface area contributed by atoms with Crippen LogP contribution in [0.5, 0.6) is 0 Å². The van der Waals surface area contributed by atoms with Crippen LogP contribution in [0.2, 0.25) is 0 Å². The van der Waals surface area contributed by atoms with Gasteiger partial charge in [0.25, 0.3) is 0 Å². The fourth-order valence-electron chi connectivity index (χ4n) is 4.74. The van der Waals surface area contributed by atoms with E-state index in [1.165, 1.54) is 19.3 Å². The molecule has 102 valence electrons. The molecule has 0 aromatic rings. The van der Waals surface area contributed by atoms with Crippen LogP contribution in [0.4, 0.5) is 0 Å². The molecule has 3 nitrogen and oxygen atoms in total. The molecule has 0 aromatic heterocycles. The van der Waals surface area contributed by atoms with Crippen molar-refractivity contribution in [3.8, 4) is 0 Å². The highest BCUT2D eigenvalue weighted by Crippen LogP contribution is 2.58. The average Bonchev–Trinajstić information content (AvgIpc) is 3.15. The highest BCUT2D eigenvalue weighted by atomic mass is 16.6. The Labute approximate surface area is 109 Å². The first-order valence-corrected chi connectivity index (χ1v) is 7.46. The molecule has 1 saturated heterocycles. The quantitative estimate of drug-likeness (QED) is 0.768. The summed E-state index contributed by atoms with van der Waals surface area (Å²) in [6.45, 7) is 4.27. The molecule has 3 aliphatic rings. The second kappa shape index (κ2) is 4.22. The number of fused-ring (bicyclic) bond motifs is 1. The minimum absolute atomic E-state index is 0.180. The second-order valence-corrected chi connectivity index (χ2v) is 6.72. The predicted molar refractivity (Wildman–Crippen MR) is 68.2 cm³/mol. The smallest absolute Gasteiger partial charge is 0.310 e. The molecule has 3 fully saturated rings. The zero-order valence-electron chi connectivity index (χ0n) is 11.4. The summed E-state index contributed by atoms with van der Waals surface area (Å²) in [4.78, 5) is 12.0. The van der Waals surface area contributed by atoms with E-state index >= 15 is 0 Å². The van der Waals surface area contributed by atoms with Crippen LogP contribution in [-0.2, 0) is 9.53 Å². The number of aliphatic carboxylic acids is 1. The van der Waals surface area contributed by atoms with E-state index in [4.69, 9.17) is 4.74 Å². The van der Waals surface area contributed by atoms with E-state index in [0.717, 1.165) is 19.3 Å². The van der Waals surface area contributed by atoms with Crippen LogP contribution in [0.15, 0.2) is 0 Å². The Hall–Kier alpha value is -0.570. The molecule has 2 aliphatic carbocycles. The van der Waals surface area contributed by atoms with Gasteiger partial charge in [-0.2, -0.15) is 0 Å². The van der Waals surface area contributed by atoms with Gasteiger partial charge in [-0.25, -0.2) is 0 Å². The zero-order valence-corrected chi connectivity index (χ0v) is 11.4. The third-order valence-corrected chi connectivity index (χ3v) is 5.82. The summed E-state index contributed by atoms with van der Waals surface area (Å²) in [7, 11) is 0. The standard InChI is InChI=1S/C15H24O3/c1-9-8-15(14(16)17,10(2)13-12(9)18-13)11-6-4-3-5-7-11/h9-13H,3-8H2,1-2H3,(H,16,17).